The fraction of sp³-hybridized carbons (Fsp3) is 0. The Morgan fingerprint density at radius 1 is 0.333 bits per heavy atom. The minimum absolute atomic E-state index is 0. The van der Waals surface area contributed by atoms with Crippen molar-refractivity contribution in [2.75, 3.05) is 0 Å². The molecule has 9 heteroatoms. The van der Waals surface area contributed by atoms with Crippen LogP contribution in [-0.2, 0) is 37.9 Å². The molecule has 0 amide bonds. The summed E-state index contributed by atoms with van der Waals surface area (Å²) < 4.78 is 35.3. The van der Waals surface area contributed by atoms with E-state index in [0.717, 1.165) is 0 Å². The van der Waals surface area contributed by atoms with Crippen LogP contribution in [0.4, 0.5) is 0 Å². The first-order valence-electron chi connectivity index (χ1n) is 5.10. The van der Waals surface area contributed by atoms with E-state index in [9.17, 15) is 0 Å². The van der Waals surface area contributed by atoms with E-state index < -0.39 is 0 Å². The average Bonchev–Trinajstić information content (AvgIpc) is 3.40. The molecule has 0 aliphatic carbocycles. The molecule has 0 N–H and O–H groups in total. The summed E-state index contributed by atoms with van der Waals surface area (Å²) in [5.41, 5.74) is 0. The molecular formula is C12H12O8Si. The maximum Gasteiger partial charge on any atom is 4.00 e. The van der Waals surface area contributed by atoms with Gasteiger partial charge in [0.2, 0.25) is 0 Å². The van der Waals surface area contributed by atoms with E-state index in [1.165, 1.54) is 77.3 Å². The summed E-state index contributed by atoms with van der Waals surface area (Å²) in [6.45, 7) is 5.00. The molecule has 4 aliphatic heterocycles. The molecule has 0 aromatic heterocycles. The second-order valence-corrected chi connectivity index (χ2v) is 2.56. The minimum atomic E-state index is 0. The zero-order valence-electron chi connectivity index (χ0n) is 10.7. The Balaban J connectivity index is 0.000000250. The first-order chi connectivity index (χ1) is 10.0. The van der Waals surface area contributed by atoms with Gasteiger partial charge in [0.15, 0.2) is 0 Å². The van der Waals surface area contributed by atoms with Crippen molar-refractivity contribution in [3.8, 4) is 0 Å². The van der Waals surface area contributed by atoms with E-state index in [2.05, 4.69) is 37.9 Å². The van der Waals surface area contributed by atoms with Crippen LogP contribution in [0.15, 0.2) is 50.1 Å². The van der Waals surface area contributed by atoms with Crippen molar-refractivity contribution < 1.29 is 37.9 Å². The van der Waals surface area contributed by atoms with Crippen molar-refractivity contribution in [2.24, 2.45) is 0 Å². The van der Waals surface area contributed by atoms with Gasteiger partial charge >= 0.3 is 11.0 Å². The van der Waals surface area contributed by atoms with E-state index in [4.69, 9.17) is 0 Å². The summed E-state index contributed by atoms with van der Waals surface area (Å²) in [6, 6.07) is 0. The zero-order valence-corrected chi connectivity index (χ0v) is 11.7. The van der Waals surface area contributed by atoms with Crippen molar-refractivity contribution in [1.82, 2.24) is 0 Å². The Morgan fingerprint density at radius 3 is 0.524 bits per heavy atom. The quantitative estimate of drug-likeness (QED) is 0.497. The monoisotopic (exact) mass is 312 g/mol. The zero-order chi connectivity index (χ0) is 14.1. The Bertz CT molecular complexity index is 241. The van der Waals surface area contributed by atoms with Gasteiger partial charge in [0.05, 0.1) is 50.1 Å². The second-order valence-electron chi connectivity index (χ2n) is 2.56. The summed E-state index contributed by atoms with van der Waals surface area (Å²) in [6.07, 6.45) is 11.7. The van der Waals surface area contributed by atoms with E-state index in [1.54, 1.807) is 0 Å². The summed E-state index contributed by atoms with van der Waals surface area (Å²) in [5, 5.41) is 0. The van der Waals surface area contributed by atoms with Gasteiger partial charge in [0.25, 0.3) is 0 Å². The van der Waals surface area contributed by atoms with Gasteiger partial charge in [-0.05, 0) is 0 Å². The molecule has 0 aromatic rings. The van der Waals surface area contributed by atoms with Crippen LogP contribution >= 0.6 is 0 Å². The van der Waals surface area contributed by atoms with Gasteiger partial charge in [0.1, 0.15) is 0 Å². The summed E-state index contributed by atoms with van der Waals surface area (Å²) in [5.74, 6) is 0. The van der Waals surface area contributed by atoms with Crippen molar-refractivity contribution in [3.63, 3.8) is 0 Å². The molecule has 0 spiro atoms. The predicted octanol–water partition coefficient (Wildman–Crippen LogP) is 2.11. The van der Waals surface area contributed by atoms with E-state index in [1.807, 2.05) is 0 Å². The third-order valence-electron chi connectivity index (χ3n) is 1.30. The molecule has 4 heterocycles. The summed E-state index contributed by atoms with van der Waals surface area (Å²) in [4.78, 5) is 0. The van der Waals surface area contributed by atoms with Gasteiger partial charge in [0, 0.05) is 27.2 Å². The van der Waals surface area contributed by atoms with Gasteiger partial charge in [-0.25, -0.2) is 0 Å². The summed E-state index contributed by atoms with van der Waals surface area (Å²) >= 11 is 0. The standard InChI is InChI=1S/4C3H3O2.Si/c4*1-2-5-3-4-1;/h4*1-3H;/q4*-1;+4. The van der Waals surface area contributed by atoms with Gasteiger partial charge in [-0.2, -0.15) is 0 Å². The van der Waals surface area contributed by atoms with Crippen molar-refractivity contribution in [3.05, 3.63) is 77.3 Å². The van der Waals surface area contributed by atoms with Crippen LogP contribution in [0, 0.1) is 27.2 Å². The molecular weight excluding hydrogens is 300 g/mol. The Labute approximate surface area is 127 Å². The van der Waals surface area contributed by atoms with Gasteiger partial charge in [-0.15, -0.1) is 0 Å². The molecule has 21 heavy (non-hydrogen) atoms. The Hall–Kier alpha value is -2.42. The van der Waals surface area contributed by atoms with Crippen LogP contribution < -0.4 is 0 Å². The fourth-order valence-corrected chi connectivity index (χ4v) is 0.642. The molecule has 0 saturated heterocycles. The van der Waals surface area contributed by atoms with Crippen LogP contribution in [0.1, 0.15) is 0 Å². The van der Waals surface area contributed by atoms with Crippen molar-refractivity contribution >= 4 is 11.0 Å². The first kappa shape index (κ1) is 18.6. The molecule has 0 atom stereocenters. The second kappa shape index (κ2) is 15.6. The number of rotatable bonds is 0. The molecule has 0 saturated carbocycles. The molecule has 0 fully saturated rings. The first-order valence-corrected chi connectivity index (χ1v) is 5.10. The molecule has 0 unspecified atom stereocenters. The van der Waals surface area contributed by atoms with Crippen LogP contribution in [-0.4, -0.2) is 11.0 Å². The van der Waals surface area contributed by atoms with Crippen molar-refractivity contribution in [1.29, 1.82) is 0 Å². The molecule has 0 aromatic carbocycles. The van der Waals surface area contributed by atoms with Crippen LogP contribution in [0.3, 0.4) is 0 Å². The predicted molar refractivity (Wildman–Crippen MR) is 68.2 cm³/mol. The van der Waals surface area contributed by atoms with Gasteiger partial charge < -0.3 is 37.9 Å². The SMILES string of the molecule is C1=CO[CH-]O1.C1=CO[CH-]O1.C1=CO[CH-]O1.C1=CO[CH-]O1.[Si+4]. The molecule has 8 nitrogen and oxygen atoms in total. The molecule has 112 valence electrons. The third-order valence-corrected chi connectivity index (χ3v) is 1.30. The maximum atomic E-state index is 4.42. The van der Waals surface area contributed by atoms with Gasteiger partial charge in [-0.3, -0.25) is 0 Å². The average molecular weight is 312 g/mol. The van der Waals surface area contributed by atoms with Crippen LogP contribution in [0.2, 0.25) is 0 Å². The largest absolute Gasteiger partial charge is 4.00 e. The van der Waals surface area contributed by atoms with Gasteiger partial charge in [-0.1, -0.05) is 0 Å². The minimum Gasteiger partial charge on any atom is -0.626 e. The third kappa shape index (κ3) is 13.8. The molecule has 0 radical (unpaired) electrons. The smallest absolute Gasteiger partial charge is 0.626 e. The number of ether oxygens (including phenoxy) is 8. The topological polar surface area (TPSA) is 73.8 Å². The van der Waals surface area contributed by atoms with E-state index in [0.29, 0.717) is 0 Å². The van der Waals surface area contributed by atoms with Crippen LogP contribution in [0.5, 0.6) is 0 Å². The van der Waals surface area contributed by atoms with E-state index >= 15 is 0 Å². The molecule has 4 aliphatic rings. The molecule has 0 bridgehead atoms. The Morgan fingerprint density at radius 2 is 0.476 bits per heavy atom. The van der Waals surface area contributed by atoms with Crippen LogP contribution in [0.25, 0.3) is 0 Å². The van der Waals surface area contributed by atoms with E-state index in [-0.39, 0.29) is 11.0 Å². The number of hydrogen-bond donors (Lipinski definition) is 0. The normalized spacial score (nSPS) is 16.8. The summed E-state index contributed by atoms with van der Waals surface area (Å²) in [7, 11) is 0. The maximum absolute atomic E-state index is 4.42. The van der Waals surface area contributed by atoms with Crippen molar-refractivity contribution in [2.45, 2.75) is 0 Å². The fourth-order valence-electron chi connectivity index (χ4n) is 0.642. The molecule has 4 rings (SSSR count). The Kier molecular flexibility index (Phi) is 13.8. The number of hydrogen-bond acceptors (Lipinski definition) is 8.